The van der Waals surface area contributed by atoms with Crippen molar-refractivity contribution < 1.29 is 9.53 Å². The zero-order valence-electron chi connectivity index (χ0n) is 13.0. The lowest BCUT2D eigenvalue weighted by Crippen LogP contribution is -2.31. The maximum atomic E-state index is 12.5. The van der Waals surface area contributed by atoms with Crippen LogP contribution < -0.4 is 5.73 Å². The van der Waals surface area contributed by atoms with E-state index in [9.17, 15) is 4.79 Å². The number of aryl methyl sites for hydroxylation is 1. The smallest absolute Gasteiger partial charge is 0.254 e. The lowest BCUT2D eigenvalue weighted by Gasteiger charge is -2.18. The van der Waals surface area contributed by atoms with Crippen LogP contribution in [-0.4, -0.2) is 36.6 Å². The predicted octanol–water partition coefficient (Wildman–Crippen LogP) is 2.89. The lowest BCUT2D eigenvalue weighted by atomic mass is 10.1. The van der Waals surface area contributed by atoms with Crippen LogP contribution in [0.25, 0.3) is 0 Å². The van der Waals surface area contributed by atoms with Gasteiger partial charge in [-0.3, -0.25) is 4.79 Å². The zero-order valence-corrected chi connectivity index (χ0v) is 13.8. The van der Waals surface area contributed by atoms with E-state index >= 15 is 0 Å². The van der Waals surface area contributed by atoms with Gasteiger partial charge in [-0.1, -0.05) is 19.9 Å². The Kier molecular flexibility index (Phi) is 6.49. The van der Waals surface area contributed by atoms with Crippen molar-refractivity contribution in [3.05, 3.63) is 29.3 Å². The molecule has 0 radical (unpaired) electrons. The van der Waals surface area contributed by atoms with Gasteiger partial charge in [0.15, 0.2) is 0 Å². The number of carbonyl (C=O) groups is 1. The summed E-state index contributed by atoms with van der Waals surface area (Å²) in [6.45, 7) is 8.40. The highest BCUT2D eigenvalue weighted by Gasteiger charge is 2.28. The Morgan fingerprint density at radius 1 is 1.48 bits per heavy atom. The van der Waals surface area contributed by atoms with Gasteiger partial charge in [-0.15, -0.1) is 12.4 Å². The Morgan fingerprint density at radius 3 is 2.86 bits per heavy atom. The van der Waals surface area contributed by atoms with E-state index in [2.05, 4.69) is 13.8 Å². The molecule has 2 rings (SSSR count). The van der Waals surface area contributed by atoms with Crippen molar-refractivity contribution in [3.8, 4) is 0 Å². The molecule has 0 aliphatic carbocycles. The van der Waals surface area contributed by atoms with E-state index in [1.54, 1.807) is 6.07 Å². The van der Waals surface area contributed by atoms with Crippen LogP contribution in [0.1, 0.15) is 36.2 Å². The number of nitrogens with two attached hydrogens (primary N) is 1. The average Bonchev–Trinajstić information content (AvgIpc) is 2.87. The number of anilines is 1. The quantitative estimate of drug-likeness (QED) is 0.870. The van der Waals surface area contributed by atoms with Gasteiger partial charge in [-0.2, -0.15) is 0 Å². The highest BCUT2D eigenvalue weighted by molar-refractivity contribution is 5.96. The first kappa shape index (κ1) is 17.8. The summed E-state index contributed by atoms with van der Waals surface area (Å²) in [7, 11) is 0. The summed E-state index contributed by atoms with van der Waals surface area (Å²) < 4.78 is 5.82. The number of likely N-dealkylation sites (tertiary alicyclic amines) is 1. The summed E-state index contributed by atoms with van der Waals surface area (Å²) in [6, 6.07) is 5.48. The molecule has 1 heterocycles. The monoisotopic (exact) mass is 312 g/mol. The largest absolute Gasteiger partial charge is 0.399 e. The van der Waals surface area contributed by atoms with E-state index in [1.165, 1.54) is 0 Å². The first-order valence-corrected chi connectivity index (χ1v) is 7.24. The van der Waals surface area contributed by atoms with Gasteiger partial charge in [0, 0.05) is 30.9 Å². The molecule has 1 aromatic carbocycles. The molecular weight excluding hydrogens is 288 g/mol. The van der Waals surface area contributed by atoms with Gasteiger partial charge in [0.05, 0.1) is 6.10 Å². The van der Waals surface area contributed by atoms with Gasteiger partial charge in [0.25, 0.3) is 5.91 Å². The van der Waals surface area contributed by atoms with Gasteiger partial charge in [-0.25, -0.2) is 0 Å². The Hall–Kier alpha value is -1.26. The number of amides is 1. The fourth-order valence-corrected chi connectivity index (χ4v) is 2.42. The van der Waals surface area contributed by atoms with E-state index in [0.29, 0.717) is 23.7 Å². The predicted molar refractivity (Wildman–Crippen MR) is 87.9 cm³/mol. The molecular formula is C16H25ClN2O2. The van der Waals surface area contributed by atoms with Crippen LogP contribution in [0.3, 0.4) is 0 Å². The number of halogens is 1. The van der Waals surface area contributed by atoms with E-state index < -0.39 is 0 Å². The van der Waals surface area contributed by atoms with Gasteiger partial charge >= 0.3 is 0 Å². The van der Waals surface area contributed by atoms with Crippen molar-refractivity contribution in [2.24, 2.45) is 5.92 Å². The third-order valence-corrected chi connectivity index (χ3v) is 3.59. The van der Waals surface area contributed by atoms with Gasteiger partial charge in [0.2, 0.25) is 0 Å². The van der Waals surface area contributed by atoms with Crippen molar-refractivity contribution in [2.75, 3.05) is 25.4 Å². The van der Waals surface area contributed by atoms with E-state index in [-0.39, 0.29) is 24.4 Å². The summed E-state index contributed by atoms with van der Waals surface area (Å²) in [5.74, 6) is 0.585. The molecule has 1 saturated heterocycles. The molecule has 0 spiro atoms. The Morgan fingerprint density at radius 2 is 2.19 bits per heavy atom. The van der Waals surface area contributed by atoms with Crippen LogP contribution in [0.2, 0.25) is 0 Å². The maximum Gasteiger partial charge on any atom is 0.254 e. The zero-order chi connectivity index (χ0) is 14.7. The summed E-state index contributed by atoms with van der Waals surface area (Å²) in [6.07, 6.45) is 1.09. The van der Waals surface area contributed by atoms with Crippen LogP contribution in [0.5, 0.6) is 0 Å². The summed E-state index contributed by atoms with van der Waals surface area (Å²) in [4.78, 5) is 14.4. The van der Waals surface area contributed by atoms with Gasteiger partial charge < -0.3 is 15.4 Å². The van der Waals surface area contributed by atoms with Crippen LogP contribution in [-0.2, 0) is 4.74 Å². The Balaban J connectivity index is 0.00000220. The molecule has 1 unspecified atom stereocenters. The van der Waals surface area contributed by atoms with Gasteiger partial charge in [0.1, 0.15) is 0 Å². The van der Waals surface area contributed by atoms with Crippen molar-refractivity contribution in [1.82, 2.24) is 4.90 Å². The highest BCUT2D eigenvalue weighted by atomic mass is 35.5. The first-order chi connectivity index (χ1) is 9.47. The molecule has 1 aliphatic heterocycles. The maximum absolute atomic E-state index is 12.5. The molecule has 1 atom stereocenters. The first-order valence-electron chi connectivity index (χ1n) is 7.24. The summed E-state index contributed by atoms with van der Waals surface area (Å²) in [5.41, 5.74) is 8.08. The number of hydrogen-bond donors (Lipinski definition) is 1. The summed E-state index contributed by atoms with van der Waals surface area (Å²) >= 11 is 0. The molecule has 1 amide bonds. The third kappa shape index (κ3) is 4.61. The molecule has 0 saturated carbocycles. The highest BCUT2D eigenvalue weighted by Crippen LogP contribution is 2.20. The normalized spacial score (nSPS) is 17.9. The average molecular weight is 313 g/mol. The number of rotatable bonds is 4. The minimum Gasteiger partial charge on any atom is -0.399 e. The van der Waals surface area contributed by atoms with E-state index in [4.69, 9.17) is 10.5 Å². The molecule has 4 nitrogen and oxygen atoms in total. The van der Waals surface area contributed by atoms with Crippen molar-refractivity contribution in [1.29, 1.82) is 0 Å². The second-order valence-electron chi connectivity index (χ2n) is 5.96. The van der Waals surface area contributed by atoms with Crippen LogP contribution >= 0.6 is 12.4 Å². The molecule has 0 bridgehead atoms. The topological polar surface area (TPSA) is 55.6 Å². The number of benzene rings is 1. The van der Waals surface area contributed by atoms with Crippen molar-refractivity contribution in [3.63, 3.8) is 0 Å². The lowest BCUT2D eigenvalue weighted by molar-refractivity contribution is 0.0396. The number of ether oxygens (including phenoxy) is 1. The van der Waals surface area contributed by atoms with E-state index in [0.717, 1.165) is 25.1 Å². The SMILES string of the molecule is Cc1ccc(N)cc1C(=O)N1CCC(OCC(C)C)C1.Cl. The number of hydrogen-bond acceptors (Lipinski definition) is 3. The molecule has 1 aliphatic rings. The molecule has 1 fully saturated rings. The number of nitrogens with zero attached hydrogens (tertiary/aromatic N) is 1. The summed E-state index contributed by atoms with van der Waals surface area (Å²) in [5, 5.41) is 0. The minimum atomic E-state index is 0. The standard InChI is InChI=1S/C16H24N2O2.ClH/c1-11(2)10-20-14-6-7-18(9-14)16(19)15-8-13(17)5-4-12(15)3;/h4-5,8,11,14H,6-7,9-10,17H2,1-3H3;1H. The molecule has 1 aromatic rings. The molecule has 5 heteroatoms. The van der Waals surface area contributed by atoms with Crippen LogP contribution in [0.15, 0.2) is 18.2 Å². The fourth-order valence-electron chi connectivity index (χ4n) is 2.42. The Bertz CT molecular complexity index is 491. The second-order valence-corrected chi connectivity index (χ2v) is 5.96. The Labute approximate surface area is 133 Å². The van der Waals surface area contributed by atoms with Crippen LogP contribution in [0, 0.1) is 12.8 Å². The molecule has 0 aromatic heterocycles. The number of nitrogen functional groups attached to an aromatic ring is 1. The van der Waals surface area contributed by atoms with Crippen LogP contribution in [0.4, 0.5) is 5.69 Å². The second kappa shape index (κ2) is 7.66. The fraction of sp³-hybridized carbons (Fsp3) is 0.562. The molecule has 118 valence electrons. The van der Waals surface area contributed by atoms with Crippen molar-refractivity contribution >= 4 is 24.0 Å². The minimum absolute atomic E-state index is 0. The third-order valence-electron chi connectivity index (χ3n) is 3.59. The van der Waals surface area contributed by atoms with Gasteiger partial charge in [-0.05, 0) is 37.0 Å². The number of carbonyl (C=O) groups excluding carboxylic acids is 1. The van der Waals surface area contributed by atoms with E-state index in [1.807, 2.05) is 24.0 Å². The molecule has 21 heavy (non-hydrogen) atoms. The van der Waals surface area contributed by atoms with Crippen molar-refractivity contribution in [2.45, 2.75) is 33.3 Å². The molecule has 2 N–H and O–H groups in total.